The van der Waals surface area contributed by atoms with Crippen LogP contribution in [0.15, 0.2) is 12.2 Å². The van der Waals surface area contributed by atoms with Gasteiger partial charge in [0.15, 0.2) is 0 Å². The van der Waals surface area contributed by atoms with Crippen LogP contribution in [-0.2, 0) is 22.8 Å². The molecule has 170 valence electrons. The summed E-state index contributed by atoms with van der Waals surface area (Å²) >= 11 is 0. The van der Waals surface area contributed by atoms with Crippen molar-refractivity contribution in [3.8, 4) is 0 Å². The van der Waals surface area contributed by atoms with Crippen molar-refractivity contribution in [1.82, 2.24) is 10.2 Å². The molecule has 0 radical (unpaired) electrons. The minimum Gasteiger partial charge on any atom is -0.460 e. The Morgan fingerprint density at radius 1 is 1.03 bits per heavy atom. The lowest BCUT2D eigenvalue weighted by atomic mass is 10.1. The standard InChI is InChI=1S/C20H40N2O6Si/c1-9-26-29(27-10-2,28-11-3)16-12-13-21-19(24)22(20(6,7)8)14-15-25-18(23)17(4)5/h4,9-16H2,1-3,5-8H3,(H,21,24). The van der Waals surface area contributed by atoms with Crippen molar-refractivity contribution in [1.29, 1.82) is 0 Å². The highest BCUT2D eigenvalue weighted by Crippen LogP contribution is 2.18. The van der Waals surface area contributed by atoms with Gasteiger partial charge >= 0.3 is 20.8 Å². The number of nitrogens with zero attached hydrogens (tertiary/aromatic N) is 1. The molecule has 0 heterocycles. The van der Waals surface area contributed by atoms with Gasteiger partial charge in [0, 0.05) is 43.5 Å². The lowest BCUT2D eigenvalue weighted by molar-refractivity contribution is -0.139. The molecule has 0 aliphatic rings. The molecule has 0 aromatic carbocycles. The quantitative estimate of drug-likeness (QED) is 0.196. The summed E-state index contributed by atoms with van der Waals surface area (Å²) in [6.07, 6.45) is 0.681. The van der Waals surface area contributed by atoms with Gasteiger partial charge in [0.25, 0.3) is 0 Å². The number of hydrogen-bond acceptors (Lipinski definition) is 6. The van der Waals surface area contributed by atoms with Crippen LogP contribution in [0.25, 0.3) is 0 Å². The van der Waals surface area contributed by atoms with Gasteiger partial charge in [-0.1, -0.05) is 6.58 Å². The smallest absolute Gasteiger partial charge is 0.460 e. The average molecular weight is 433 g/mol. The number of esters is 1. The first-order valence-corrected chi connectivity index (χ1v) is 12.3. The molecular weight excluding hydrogens is 392 g/mol. The molecule has 29 heavy (non-hydrogen) atoms. The first-order chi connectivity index (χ1) is 13.5. The Balaban J connectivity index is 4.70. The topological polar surface area (TPSA) is 86.3 Å². The van der Waals surface area contributed by atoms with E-state index < -0.39 is 20.3 Å². The van der Waals surface area contributed by atoms with E-state index in [0.717, 1.165) is 0 Å². The number of carbonyl (C=O) groups excluding carboxylic acids is 2. The van der Waals surface area contributed by atoms with Gasteiger partial charge in [-0.2, -0.15) is 0 Å². The first kappa shape index (κ1) is 27.6. The zero-order chi connectivity index (χ0) is 22.5. The molecule has 0 rings (SSSR count). The van der Waals surface area contributed by atoms with Gasteiger partial charge in [0.05, 0.1) is 6.54 Å². The van der Waals surface area contributed by atoms with Crippen LogP contribution in [0.5, 0.6) is 0 Å². The summed E-state index contributed by atoms with van der Waals surface area (Å²) in [5.41, 5.74) is -0.0810. The van der Waals surface area contributed by atoms with Crippen LogP contribution in [0.4, 0.5) is 4.79 Å². The molecule has 0 bridgehead atoms. The van der Waals surface area contributed by atoms with Gasteiger partial charge in [-0.15, -0.1) is 0 Å². The number of amides is 2. The maximum Gasteiger partial charge on any atom is 0.500 e. The van der Waals surface area contributed by atoms with Crippen LogP contribution < -0.4 is 5.32 Å². The predicted molar refractivity (Wildman–Crippen MR) is 116 cm³/mol. The Morgan fingerprint density at radius 2 is 1.55 bits per heavy atom. The summed E-state index contributed by atoms with van der Waals surface area (Å²) in [6, 6.07) is 0.425. The molecule has 0 spiro atoms. The van der Waals surface area contributed by atoms with Gasteiger partial charge in [0.1, 0.15) is 6.61 Å². The normalized spacial score (nSPS) is 11.8. The average Bonchev–Trinajstić information content (AvgIpc) is 2.61. The number of nitrogens with one attached hydrogen (secondary N) is 1. The zero-order valence-corrected chi connectivity index (χ0v) is 20.3. The number of rotatable bonds is 14. The number of urea groups is 1. The molecule has 0 aromatic heterocycles. The van der Waals surface area contributed by atoms with E-state index in [9.17, 15) is 9.59 Å². The third-order valence-corrected chi connectivity index (χ3v) is 7.13. The third-order valence-electron chi connectivity index (χ3n) is 3.98. The molecule has 0 aliphatic heterocycles. The summed E-state index contributed by atoms with van der Waals surface area (Å²) in [4.78, 5) is 25.9. The maximum atomic E-state index is 12.7. The largest absolute Gasteiger partial charge is 0.500 e. The zero-order valence-electron chi connectivity index (χ0n) is 19.3. The number of hydrogen-bond donors (Lipinski definition) is 1. The monoisotopic (exact) mass is 432 g/mol. The molecule has 0 saturated heterocycles. The van der Waals surface area contributed by atoms with E-state index >= 15 is 0 Å². The lowest BCUT2D eigenvalue weighted by Gasteiger charge is -2.35. The SMILES string of the molecule is C=C(C)C(=O)OCCN(C(=O)NCCC[Si](OCC)(OCC)OCC)C(C)(C)C. The minimum absolute atomic E-state index is 0.116. The Bertz CT molecular complexity index is 505. The highest BCUT2D eigenvalue weighted by Gasteiger charge is 2.39. The van der Waals surface area contributed by atoms with Crippen molar-refractivity contribution in [3.05, 3.63) is 12.2 Å². The second-order valence-electron chi connectivity index (χ2n) is 7.56. The summed E-state index contributed by atoms with van der Waals surface area (Å²) < 4.78 is 22.6. The highest BCUT2D eigenvalue weighted by atomic mass is 28.4. The molecule has 0 unspecified atom stereocenters. The Labute approximate surface area is 177 Å². The Morgan fingerprint density at radius 3 is 1.97 bits per heavy atom. The van der Waals surface area contributed by atoms with Gasteiger partial charge in [0.2, 0.25) is 0 Å². The van der Waals surface area contributed by atoms with Crippen LogP contribution in [0.3, 0.4) is 0 Å². The molecule has 0 aliphatic carbocycles. The van der Waals surface area contributed by atoms with E-state index in [-0.39, 0.29) is 12.6 Å². The molecule has 2 amide bonds. The molecule has 0 fully saturated rings. The van der Waals surface area contributed by atoms with Gasteiger partial charge < -0.3 is 28.2 Å². The van der Waals surface area contributed by atoms with E-state index in [1.165, 1.54) is 0 Å². The second kappa shape index (κ2) is 13.7. The van der Waals surface area contributed by atoms with Crippen molar-refractivity contribution in [3.63, 3.8) is 0 Å². The Hall–Kier alpha value is -1.42. The fraction of sp³-hybridized carbons (Fsp3) is 0.800. The summed E-state index contributed by atoms with van der Waals surface area (Å²) in [5.74, 6) is -0.455. The predicted octanol–water partition coefficient (Wildman–Crippen LogP) is 3.35. The molecule has 0 aromatic rings. The van der Waals surface area contributed by atoms with Crippen LogP contribution in [0.2, 0.25) is 6.04 Å². The number of ether oxygens (including phenoxy) is 1. The molecule has 0 saturated carbocycles. The molecule has 1 N–H and O–H groups in total. The van der Waals surface area contributed by atoms with E-state index in [1.807, 2.05) is 41.5 Å². The lowest BCUT2D eigenvalue weighted by Crippen LogP contribution is -2.52. The molecule has 8 nitrogen and oxygen atoms in total. The van der Waals surface area contributed by atoms with E-state index in [1.54, 1.807) is 11.8 Å². The fourth-order valence-corrected chi connectivity index (χ4v) is 5.30. The minimum atomic E-state index is -2.71. The molecule has 0 atom stereocenters. The van der Waals surface area contributed by atoms with Gasteiger partial charge in [-0.25, -0.2) is 9.59 Å². The summed E-state index contributed by atoms with van der Waals surface area (Å²) in [7, 11) is -2.71. The highest BCUT2D eigenvalue weighted by molar-refractivity contribution is 6.60. The first-order valence-electron chi connectivity index (χ1n) is 10.3. The maximum absolute atomic E-state index is 12.7. The van der Waals surface area contributed by atoms with Crippen LogP contribution >= 0.6 is 0 Å². The summed E-state index contributed by atoms with van der Waals surface area (Å²) in [6.45, 7) is 19.2. The number of carbonyl (C=O) groups is 2. The fourth-order valence-electron chi connectivity index (χ4n) is 2.69. The van der Waals surface area contributed by atoms with Crippen LogP contribution in [-0.4, -0.2) is 70.8 Å². The van der Waals surface area contributed by atoms with Crippen LogP contribution in [0, 0.1) is 0 Å². The second-order valence-corrected chi connectivity index (χ2v) is 10.3. The van der Waals surface area contributed by atoms with Crippen molar-refractivity contribution >= 4 is 20.8 Å². The van der Waals surface area contributed by atoms with E-state index in [2.05, 4.69) is 11.9 Å². The summed E-state index contributed by atoms with van der Waals surface area (Å²) in [5, 5.41) is 2.93. The van der Waals surface area contributed by atoms with Crippen LogP contribution in [0.1, 0.15) is 54.9 Å². The van der Waals surface area contributed by atoms with Crippen molar-refractivity contribution in [2.24, 2.45) is 0 Å². The van der Waals surface area contributed by atoms with E-state index in [4.69, 9.17) is 18.0 Å². The van der Waals surface area contributed by atoms with E-state index in [0.29, 0.717) is 50.9 Å². The molecule has 9 heteroatoms. The van der Waals surface area contributed by atoms with Gasteiger partial charge in [-0.05, 0) is 54.9 Å². The van der Waals surface area contributed by atoms with Gasteiger partial charge in [-0.3, -0.25) is 0 Å². The third kappa shape index (κ3) is 10.8. The molecular formula is C20H40N2O6Si. The van der Waals surface area contributed by atoms with Crippen molar-refractivity contribution < 1.29 is 27.6 Å². The van der Waals surface area contributed by atoms with Crippen molar-refractivity contribution in [2.75, 3.05) is 39.5 Å². The Kier molecular flexibility index (Phi) is 13.1. The van der Waals surface area contributed by atoms with Crippen molar-refractivity contribution in [2.45, 2.75) is 66.5 Å².